The molecule has 8 heteroatoms. The molecule has 1 heterocycles. The summed E-state index contributed by atoms with van der Waals surface area (Å²) in [6.45, 7) is -0.0676. The first-order valence-corrected chi connectivity index (χ1v) is 6.36. The molecule has 116 valence electrons. The number of piperidine rings is 1. The maximum absolute atomic E-state index is 11.9. The van der Waals surface area contributed by atoms with E-state index in [4.69, 9.17) is 0 Å². The van der Waals surface area contributed by atoms with Crippen molar-refractivity contribution in [1.29, 1.82) is 0 Å². The molecule has 1 N–H and O–H groups in total. The van der Waals surface area contributed by atoms with E-state index in [0.29, 0.717) is 25.8 Å². The zero-order valence-corrected chi connectivity index (χ0v) is 11.2. The van der Waals surface area contributed by atoms with Gasteiger partial charge in [0.15, 0.2) is 0 Å². The number of halogens is 3. The van der Waals surface area contributed by atoms with E-state index in [1.807, 2.05) is 0 Å². The fraction of sp³-hybridized carbons (Fsp3) is 0.833. The van der Waals surface area contributed by atoms with Crippen LogP contribution in [0.5, 0.6) is 0 Å². The van der Waals surface area contributed by atoms with Crippen LogP contribution < -0.4 is 0 Å². The third-order valence-corrected chi connectivity index (χ3v) is 3.55. The Labute approximate surface area is 114 Å². The van der Waals surface area contributed by atoms with E-state index in [9.17, 15) is 27.9 Å². The fourth-order valence-electron chi connectivity index (χ4n) is 2.30. The van der Waals surface area contributed by atoms with E-state index in [-0.39, 0.29) is 6.54 Å². The van der Waals surface area contributed by atoms with Crippen LogP contribution in [0.15, 0.2) is 0 Å². The summed E-state index contributed by atoms with van der Waals surface area (Å²) >= 11 is 0. The number of alkyl halides is 3. The Kier molecular flexibility index (Phi) is 5.38. The lowest BCUT2D eigenvalue weighted by Gasteiger charge is -2.39. The van der Waals surface area contributed by atoms with Gasteiger partial charge >= 0.3 is 12.1 Å². The molecule has 0 spiro atoms. The van der Waals surface area contributed by atoms with E-state index >= 15 is 0 Å². The molecule has 1 fully saturated rings. The summed E-state index contributed by atoms with van der Waals surface area (Å²) < 4.78 is 40.0. The highest BCUT2D eigenvalue weighted by Crippen LogP contribution is 2.33. The van der Waals surface area contributed by atoms with Crippen LogP contribution in [0.4, 0.5) is 13.2 Å². The van der Waals surface area contributed by atoms with Crippen LogP contribution in [0.3, 0.4) is 0 Å². The van der Waals surface area contributed by atoms with Gasteiger partial charge in [0, 0.05) is 13.1 Å². The van der Waals surface area contributed by atoms with Gasteiger partial charge in [-0.2, -0.15) is 13.2 Å². The summed E-state index contributed by atoms with van der Waals surface area (Å²) in [6.07, 6.45) is -3.12. The molecule has 1 aliphatic rings. The number of carbonyl (C=O) groups is 2. The molecule has 0 aromatic rings. The van der Waals surface area contributed by atoms with Crippen LogP contribution in [-0.2, 0) is 14.3 Å². The molecule has 0 saturated carbocycles. The van der Waals surface area contributed by atoms with Gasteiger partial charge in [0.25, 0.3) is 0 Å². The summed E-state index contributed by atoms with van der Waals surface area (Å²) in [5.41, 5.74) is -1.00. The summed E-state index contributed by atoms with van der Waals surface area (Å²) in [4.78, 5) is 24.3. The number of nitrogens with zero attached hydrogens (tertiary/aromatic N) is 1. The Morgan fingerprint density at radius 3 is 2.55 bits per heavy atom. The highest BCUT2D eigenvalue weighted by atomic mass is 19.4. The second kappa shape index (κ2) is 6.43. The number of carbonyl (C=O) groups excluding carboxylic acids is 1. The molecule has 1 rings (SSSR count). The van der Waals surface area contributed by atoms with Crippen LogP contribution in [-0.4, -0.2) is 54.4 Å². The quantitative estimate of drug-likeness (QED) is 0.838. The first-order chi connectivity index (χ1) is 9.20. The Morgan fingerprint density at radius 1 is 1.40 bits per heavy atom. The molecule has 0 radical (unpaired) electrons. The van der Waals surface area contributed by atoms with Crippen LogP contribution in [0.1, 0.15) is 26.2 Å². The zero-order chi connectivity index (χ0) is 15.4. The predicted octanol–water partition coefficient (Wildman–Crippen LogP) is 1.67. The molecule has 1 aliphatic heterocycles. The molecule has 0 aliphatic carbocycles. The molecule has 0 aromatic heterocycles. The van der Waals surface area contributed by atoms with Gasteiger partial charge in [-0.15, -0.1) is 0 Å². The SMILES string of the molecule is CCC1(C(=O)O)CCCN(C(=O)COCC(F)(F)F)C1. The van der Waals surface area contributed by atoms with Gasteiger partial charge in [0.05, 0.1) is 5.41 Å². The second-order valence-electron chi connectivity index (χ2n) is 4.97. The largest absolute Gasteiger partial charge is 0.481 e. The number of carboxylic acids is 1. The lowest BCUT2D eigenvalue weighted by molar-refractivity contribution is -0.178. The Morgan fingerprint density at radius 2 is 2.05 bits per heavy atom. The first-order valence-electron chi connectivity index (χ1n) is 6.36. The number of amides is 1. The van der Waals surface area contributed by atoms with Crippen LogP contribution in [0.25, 0.3) is 0 Å². The van der Waals surface area contributed by atoms with Gasteiger partial charge in [-0.1, -0.05) is 6.92 Å². The topological polar surface area (TPSA) is 66.8 Å². The van der Waals surface area contributed by atoms with Crippen molar-refractivity contribution in [3.8, 4) is 0 Å². The normalized spacial score (nSPS) is 23.7. The Balaban J connectivity index is 2.54. The number of ether oxygens (including phenoxy) is 1. The van der Waals surface area contributed by atoms with Gasteiger partial charge in [0.1, 0.15) is 13.2 Å². The number of likely N-dealkylation sites (tertiary alicyclic amines) is 1. The first kappa shape index (κ1) is 16.7. The number of aliphatic carboxylic acids is 1. The summed E-state index contributed by atoms with van der Waals surface area (Å²) in [6, 6.07) is 0. The molecule has 1 amide bonds. The molecule has 5 nitrogen and oxygen atoms in total. The maximum Gasteiger partial charge on any atom is 0.411 e. The van der Waals surface area contributed by atoms with E-state index in [0.717, 1.165) is 0 Å². The van der Waals surface area contributed by atoms with Crippen molar-refractivity contribution < 1.29 is 32.6 Å². The van der Waals surface area contributed by atoms with Gasteiger partial charge in [0.2, 0.25) is 5.91 Å². The van der Waals surface area contributed by atoms with Crippen molar-refractivity contribution in [3.05, 3.63) is 0 Å². The minimum Gasteiger partial charge on any atom is -0.481 e. The fourth-order valence-corrected chi connectivity index (χ4v) is 2.30. The number of hydrogen-bond acceptors (Lipinski definition) is 3. The van der Waals surface area contributed by atoms with Crippen molar-refractivity contribution in [2.24, 2.45) is 5.41 Å². The molecular formula is C12H18F3NO4. The summed E-state index contributed by atoms with van der Waals surface area (Å²) in [5.74, 6) is -1.58. The van der Waals surface area contributed by atoms with Crippen molar-refractivity contribution in [3.63, 3.8) is 0 Å². The monoisotopic (exact) mass is 297 g/mol. The van der Waals surface area contributed by atoms with E-state index in [1.165, 1.54) is 4.90 Å². The number of carboxylic acid groups (broad SMARTS) is 1. The average molecular weight is 297 g/mol. The number of hydrogen-bond donors (Lipinski definition) is 1. The van der Waals surface area contributed by atoms with Crippen LogP contribution >= 0.6 is 0 Å². The van der Waals surface area contributed by atoms with E-state index < -0.39 is 36.7 Å². The smallest absolute Gasteiger partial charge is 0.411 e. The van der Waals surface area contributed by atoms with Gasteiger partial charge in [-0.05, 0) is 19.3 Å². The third kappa shape index (κ3) is 4.36. The maximum atomic E-state index is 11.9. The molecule has 1 atom stereocenters. The number of rotatable bonds is 5. The van der Waals surface area contributed by atoms with Crippen molar-refractivity contribution >= 4 is 11.9 Å². The second-order valence-corrected chi connectivity index (χ2v) is 4.97. The molecule has 1 saturated heterocycles. The van der Waals surface area contributed by atoms with E-state index in [2.05, 4.69) is 4.74 Å². The predicted molar refractivity (Wildman–Crippen MR) is 63.0 cm³/mol. The average Bonchev–Trinajstić information content (AvgIpc) is 2.36. The van der Waals surface area contributed by atoms with Crippen LogP contribution in [0.2, 0.25) is 0 Å². The lowest BCUT2D eigenvalue weighted by Crippen LogP contribution is -2.50. The van der Waals surface area contributed by atoms with Gasteiger partial charge in [-0.3, -0.25) is 9.59 Å². The summed E-state index contributed by atoms with van der Waals surface area (Å²) in [5, 5.41) is 9.25. The van der Waals surface area contributed by atoms with Crippen molar-refractivity contribution in [2.45, 2.75) is 32.4 Å². The Hall–Kier alpha value is -1.31. The minimum absolute atomic E-state index is 0.0209. The third-order valence-electron chi connectivity index (χ3n) is 3.55. The van der Waals surface area contributed by atoms with E-state index in [1.54, 1.807) is 6.92 Å². The molecule has 0 aromatic carbocycles. The van der Waals surface area contributed by atoms with Crippen LogP contribution in [0, 0.1) is 5.41 Å². The van der Waals surface area contributed by atoms with Crippen molar-refractivity contribution in [1.82, 2.24) is 4.90 Å². The minimum atomic E-state index is -4.48. The Bertz CT molecular complexity index is 372. The van der Waals surface area contributed by atoms with Crippen molar-refractivity contribution in [2.75, 3.05) is 26.3 Å². The van der Waals surface area contributed by atoms with Gasteiger partial charge < -0.3 is 14.7 Å². The molecule has 0 bridgehead atoms. The molecular weight excluding hydrogens is 279 g/mol. The van der Waals surface area contributed by atoms with Gasteiger partial charge in [-0.25, -0.2) is 0 Å². The summed E-state index contributed by atoms with van der Waals surface area (Å²) in [7, 11) is 0. The lowest BCUT2D eigenvalue weighted by atomic mass is 9.77. The zero-order valence-electron chi connectivity index (χ0n) is 11.2. The molecule has 1 unspecified atom stereocenters. The molecule has 20 heavy (non-hydrogen) atoms. The standard InChI is InChI=1S/C12H18F3NO4/c1-2-11(10(18)19)4-3-5-16(7-11)9(17)6-20-8-12(13,14)15/h2-8H2,1H3,(H,18,19). The highest BCUT2D eigenvalue weighted by Gasteiger charge is 2.42. The highest BCUT2D eigenvalue weighted by molar-refractivity contribution is 5.80.